The van der Waals surface area contributed by atoms with Crippen molar-refractivity contribution < 1.29 is 23.0 Å². The number of rotatable bonds is 5. The topological polar surface area (TPSA) is 76.7 Å². The monoisotopic (exact) mass is 565 g/mol. The van der Waals surface area contributed by atoms with Crippen LogP contribution >= 0.6 is 27.5 Å². The molecule has 0 unspecified atom stereocenters. The molecule has 0 amide bonds. The van der Waals surface area contributed by atoms with Crippen LogP contribution in [0.15, 0.2) is 69.0 Å². The molecule has 0 aliphatic rings. The number of para-hydroxylation sites is 1. The average Bonchev–Trinajstić information content (AvgIpc) is 2.84. The lowest BCUT2D eigenvalue weighted by molar-refractivity contribution is -0.137. The molecule has 180 valence electrons. The van der Waals surface area contributed by atoms with Crippen molar-refractivity contribution in [3.05, 3.63) is 85.6 Å². The van der Waals surface area contributed by atoms with Crippen LogP contribution in [0.25, 0.3) is 22.3 Å². The Kier molecular flexibility index (Phi) is 6.86. The van der Waals surface area contributed by atoms with E-state index in [0.29, 0.717) is 11.1 Å². The third-order valence-corrected chi connectivity index (χ3v) is 6.44. The molecule has 0 bridgehead atoms. The summed E-state index contributed by atoms with van der Waals surface area (Å²) < 4.78 is 46.6. The molecule has 4 rings (SSSR count). The van der Waals surface area contributed by atoms with Gasteiger partial charge in [-0.1, -0.05) is 35.9 Å². The highest BCUT2D eigenvalue weighted by Gasteiger charge is 2.31. The van der Waals surface area contributed by atoms with E-state index in [1.807, 2.05) is 0 Å². The lowest BCUT2D eigenvalue weighted by Crippen LogP contribution is -2.20. The second kappa shape index (κ2) is 9.71. The fourth-order valence-electron chi connectivity index (χ4n) is 3.34. The zero-order valence-electron chi connectivity index (χ0n) is 18.0. The first-order chi connectivity index (χ1) is 16.6. The number of aromatic nitrogens is 2. The molecule has 0 radical (unpaired) electrons. The lowest BCUT2D eigenvalue weighted by atomic mass is 10.1. The van der Waals surface area contributed by atoms with Gasteiger partial charge in [-0.25, -0.2) is 4.98 Å². The number of nitrogens with zero attached hydrogens (tertiary/aromatic N) is 3. The number of phenolic OH excluding ortho intramolecular Hbond substituents is 1. The summed E-state index contributed by atoms with van der Waals surface area (Å²) in [7, 11) is 0. The predicted octanol–water partition coefficient (Wildman–Crippen LogP) is 6.48. The molecule has 1 N–H and O–H groups in total. The largest absolute Gasteiger partial charge is 0.503 e. The molecule has 11 heteroatoms. The van der Waals surface area contributed by atoms with Gasteiger partial charge in [0, 0.05) is 15.6 Å². The van der Waals surface area contributed by atoms with Crippen LogP contribution in [0.1, 0.15) is 18.1 Å². The minimum atomic E-state index is -4.58. The fourth-order valence-corrected chi connectivity index (χ4v) is 3.95. The summed E-state index contributed by atoms with van der Waals surface area (Å²) in [5.74, 6) is -0.252. The maximum absolute atomic E-state index is 13.3. The Morgan fingerprint density at radius 3 is 2.66 bits per heavy atom. The van der Waals surface area contributed by atoms with Crippen LogP contribution in [0.4, 0.5) is 13.2 Å². The predicted molar refractivity (Wildman–Crippen MR) is 131 cm³/mol. The van der Waals surface area contributed by atoms with Gasteiger partial charge in [-0.2, -0.15) is 22.9 Å². The minimum Gasteiger partial charge on any atom is -0.503 e. The van der Waals surface area contributed by atoms with Crippen molar-refractivity contribution in [3.8, 4) is 22.9 Å². The van der Waals surface area contributed by atoms with Crippen LogP contribution < -0.4 is 10.3 Å². The van der Waals surface area contributed by atoms with E-state index in [-0.39, 0.29) is 44.4 Å². The highest BCUT2D eigenvalue weighted by Crippen LogP contribution is 2.41. The van der Waals surface area contributed by atoms with E-state index in [4.69, 9.17) is 16.3 Å². The minimum absolute atomic E-state index is 0.0283. The van der Waals surface area contributed by atoms with E-state index in [1.165, 1.54) is 24.4 Å². The van der Waals surface area contributed by atoms with E-state index in [9.17, 15) is 23.1 Å². The van der Waals surface area contributed by atoms with E-state index in [2.05, 4.69) is 26.0 Å². The number of aromatic hydroxyl groups is 1. The Balaban J connectivity index is 1.94. The number of hydrogen-bond donors (Lipinski definition) is 1. The lowest BCUT2D eigenvalue weighted by Gasteiger charge is -2.13. The maximum atomic E-state index is 13.3. The highest BCUT2D eigenvalue weighted by molar-refractivity contribution is 9.10. The van der Waals surface area contributed by atoms with E-state index < -0.39 is 17.3 Å². The molecular formula is C24H16BrClF3N3O3. The molecule has 0 aliphatic carbocycles. The molecule has 6 nitrogen and oxygen atoms in total. The summed E-state index contributed by atoms with van der Waals surface area (Å²) >= 11 is 9.45. The molecular weight excluding hydrogens is 551 g/mol. The van der Waals surface area contributed by atoms with Crippen LogP contribution in [0, 0.1) is 0 Å². The molecule has 4 aromatic rings. The molecule has 0 aliphatic heterocycles. The summed E-state index contributed by atoms with van der Waals surface area (Å²) in [4.78, 5) is 17.7. The van der Waals surface area contributed by atoms with Crippen LogP contribution in [-0.2, 0) is 6.18 Å². The van der Waals surface area contributed by atoms with Gasteiger partial charge >= 0.3 is 6.18 Å². The molecule has 0 spiro atoms. The Morgan fingerprint density at radius 2 is 1.94 bits per heavy atom. The molecule has 0 fully saturated rings. The molecule has 1 aromatic heterocycles. The van der Waals surface area contributed by atoms with Gasteiger partial charge in [0.25, 0.3) is 5.56 Å². The molecule has 1 heterocycles. The van der Waals surface area contributed by atoms with Gasteiger partial charge in [-0.05, 0) is 53.2 Å². The Labute approximate surface area is 210 Å². The number of halogens is 5. The quantitative estimate of drug-likeness (QED) is 0.280. The summed E-state index contributed by atoms with van der Waals surface area (Å²) in [6, 6.07) is 12.4. The number of alkyl halides is 3. The van der Waals surface area contributed by atoms with Gasteiger partial charge in [0.05, 0.1) is 29.3 Å². The molecule has 0 saturated heterocycles. The smallest absolute Gasteiger partial charge is 0.416 e. The number of ether oxygens (including phenoxy) is 1. The number of benzene rings is 3. The SMILES string of the molecule is CCOc1cc(C=Nn2c(-c3cccc(C(F)(F)F)c3)nc3ccccc3c2=O)c(Br)c(Cl)c1O. The van der Waals surface area contributed by atoms with Crippen molar-refractivity contribution >= 4 is 44.6 Å². The van der Waals surface area contributed by atoms with Gasteiger partial charge < -0.3 is 9.84 Å². The van der Waals surface area contributed by atoms with Crippen LogP contribution in [0.5, 0.6) is 11.5 Å². The van der Waals surface area contributed by atoms with Gasteiger partial charge in [0.2, 0.25) is 0 Å². The first-order valence-electron chi connectivity index (χ1n) is 10.2. The second-order valence-corrected chi connectivity index (χ2v) is 8.44. The Morgan fingerprint density at radius 1 is 1.20 bits per heavy atom. The molecule has 3 aromatic carbocycles. The third-order valence-electron chi connectivity index (χ3n) is 4.99. The van der Waals surface area contributed by atoms with Gasteiger partial charge in [0.1, 0.15) is 5.02 Å². The van der Waals surface area contributed by atoms with Gasteiger partial charge in [-0.3, -0.25) is 4.79 Å². The van der Waals surface area contributed by atoms with Crippen LogP contribution in [0.3, 0.4) is 0 Å². The summed E-state index contributed by atoms with van der Waals surface area (Å²) in [5.41, 5.74) is -0.750. The first-order valence-corrected chi connectivity index (χ1v) is 11.4. The first kappa shape index (κ1) is 24.7. The van der Waals surface area contributed by atoms with Crippen molar-refractivity contribution in [2.45, 2.75) is 13.1 Å². The van der Waals surface area contributed by atoms with E-state index >= 15 is 0 Å². The normalized spacial score (nSPS) is 11.9. The van der Waals surface area contributed by atoms with Crippen molar-refractivity contribution in [1.82, 2.24) is 9.66 Å². The number of fused-ring (bicyclic) bond motifs is 1. The number of phenols is 1. The van der Waals surface area contributed by atoms with Crippen molar-refractivity contribution in [2.24, 2.45) is 5.10 Å². The zero-order chi connectivity index (χ0) is 25.3. The van der Waals surface area contributed by atoms with Crippen molar-refractivity contribution in [1.29, 1.82) is 0 Å². The summed E-state index contributed by atoms with van der Waals surface area (Å²) in [6.45, 7) is 1.99. The van der Waals surface area contributed by atoms with Crippen LogP contribution in [0.2, 0.25) is 5.02 Å². The summed E-state index contributed by atoms with van der Waals surface area (Å²) in [6.07, 6.45) is -3.31. The second-order valence-electron chi connectivity index (χ2n) is 7.27. The highest BCUT2D eigenvalue weighted by atomic mass is 79.9. The fraction of sp³-hybridized carbons (Fsp3) is 0.125. The standard InChI is InChI=1S/C24H16BrClF3N3O3/c1-2-35-18-11-14(19(25)20(26)21(18)33)12-30-32-22(13-6-5-7-15(10-13)24(27,28)29)31-17-9-4-3-8-16(17)23(32)34/h3-12,33H,2H2,1H3. The number of hydrogen-bond acceptors (Lipinski definition) is 5. The molecule has 0 saturated carbocycles. The summed E-state index contributed by atoms with van der Waals surface area (Å²) in [5, 5.41) is 14.6. The zero-order valence-corrected chi connectivity index (χ0v) is 20.3. The molecule has 0 atom stereocenters. The van der Waals surface area contributed by atoms with Gasteiger partial charge in [0.15, 0.2) is 17.3 Å². The van der Waals surface area contributed by atoms with Crippen molar-refractivity contribution in [2.75, 3.05) is 6.61 Å². The van der Waals surface area contributed by atoms with E-state index in [1.54, 1.807) is 31.2 Å². The Bertz CT molecular complexity index is 1520. The third kappa shape index (κ3) is 4.89. The maximum Gasteiger partial charge on any atom is 0.416 e. The molecule has 35 heavy (non-hydrogen) atoms. The van der Waals surface area contributed by atoms with Gasteiger partial charge in [-0.15, -0.1) is 0 Å². The average molecular weight is 567 g/mol. The van der Waals surface area contributed by atoms with E-state index in [0.717, 1.165) is 16.8 Å². The Hall–Kier alpha value is -3.37. The van der Waals surface area contributed by atoms with Crippen molar-refractivity contribution in [3.63, 3.8) is 0 Å². The van der Waals surface area contributed by atoms with Crippen LogP contribution in [-0.4, -0.2) is 27.6 Å².